The van der Waals surface area contributed by atoms with Gasteiger partial charge in [-0.15, -0.1) is 0 Å². The lowest BCUT2D eigenvalue weighted by Gasteiger charge is -2.56. The molecular weight excluding hydrogens is 314 g/mol. The third-order valence-corrected chi connectivity index (χ3v) is 6.19. The summed E-state index contributed by atoms with van der Waals surface area (Å²) in [7, 11) is 0. The van der Waals surface area contributed by atoms with Crippen LogP contribution in [0.1, 0.15) is 57.4 Å². The molecule has 1 aliphatic carbocycles. The summed E-state index contributed by atoms with van der Waals surface area (Å²) in [5.41, 5.74) is 0.991. The lowest BCUT2D eigenvalue weighted by molar-refractivity contribution is -0.210. The molecule has 3 rings (SSSR count). The number of hydrogen-bond donors (Lipinski definition) is 1. The van der Waals surface area contributed by atoms with Gasteiger partial charge in [0.2, 0.25) is 5.91 Å². The normalized spacial score (nSPS) is 26.3. The van der Waals surface area contributed by atoms with E-state index in [-0.39, 0.29) is 29.4 Å². The molecule has 1 N–H and O–H groups in total. The van der Waals surface area contributed by atoms with E-state index < -0.39 is 0 Å². The van der Waals surface area contributed by atoms with Crippen molar-refractivity contribution in [2.75, 3.05) is 19.7 Å². The van der Waals surface area contributed by atoms with Crippen LogP contribution in [0.3, 0.4) is 0 Å². The van der Waals surface area contributed by atoms with Crippen molar-refractivity contribution in [1.29, 1.82) is 0 Å². The molecule has 3 unspecified atom stereocenters. The monoisotopic (exact) mass is 345 g/mol. The molecule has 1 heterocycles. The number of aliphatic hydroxyl groups excluding tert-OH is 1. The molecule has 4 heteroatoms. The number of benzene rings is 1. The summed E-state index contributed by atoms with van der Waals surface area (Å²) in [6, 6.07) is 10.1. The first-order valence-corrected chi connectivity index (χ1v) is 9.75. The highest BCUT2D eigenvalue weighted by Crippen LogP contribution is 2.51. The number of piperidine rings is 1. The van der Waals surface area contributed by atoms with Crippen molar-refractivity contribution in [3.63, 3.8) is 0 Å². The van der Waals surface area contributed by atoms with Gasteiger partial charge in [-0.25, -0.2) is 0 Å². The van der Waals surface area contributed by atoms with E-state index in [0.29, 0.717) is 6.61 Å². The van der Waals surface area contributed by atoms with E-state index in [1.165, 1.54) is 0 Å². The lowest BCUT2D eigenvalue weighted by atomic mass is 9.58. The molecule has 3 atom stereocenters. The Morgan fingerprint density at radius 3 is 2.52 bits per heavy atom. The highest BCUT2D eigenvalue weighted by Gasteiger charge is 2.56. The Hall–Kier alpha value is -1.39. The summed E-state index contributed by atoms with van der Waals surface area (Å²) in [5.74, 6) is 0.193. The average Bonchev–Trinajstić information content (AvgIpc) is 2.66. The van der Waals surface area contributed by atoms with Crippen LogP contribution in [0.4, 0.5) is 0 Å². The first kappa shape index (κ1) is 18.4. The van der Waals surface area contributed by atoms with E-state index in [0.717, 1.165) is 50.8 Å². The average molecular weight is 345 g/mol. The Bertz CT molecular complexity index is 564. The highest BCUT2D eigenvalue weighted by molar-refractivity contribution is 5.83. The minimum Gasteiger partial charge on any atom is -0.392 e. The molecule has 1 aromatic rings. The second kappa shape index (κ2) is 7.88. The quantitative estimate of drug-likeness (QED) is 0.860. The summed E-state index contributed by atoms with van der Waals surface area (Å²) in [4.78, 5) is 15.1. The van der Waals surface area contributed by atoms with Crippen LogP contribution in [0.2, 0.25) is 0 Å². The summed E-state index contributed by atoms with van der Waals surface area (Å²) in [6.45, 7) is 6.28. The number of aliphatic hydroxyl groups is 1. The maximum absolute atomic E-state index is 13.1. The summed E-state index contributed by atoms with van der Waals surface area (Å²) in [5, 5.41) is 10.3. The smallest absolute Gasteiger partial charge is 0.230 e. The number of hydrogen-bond acceptors (Lipinski definition) is 3. The van der Waals surface area contributed by atoms with E-state index in [9.17, 15) is 9.90 Å². The molecule has 0 aromatic heterocycles. The van der Waals surface area contributed by atoms with Gasteiger partial charge >= 0.3 is 0 Å². The molecule has 1 saturated carbocycles. The molecule has 2 fully saturated rings. The molecule has 1 amide bonds. The van der Waals surface area contributed by atoms with Gasteiger partial charge in [0.25, 0.3) is 0 Å². The van der Waals surface area contributed by atoms with Gasteiger partial charge in [0.15, 0.2) is 0 Å². The van der Waals surface area contributed by atoms with Gasteiger partial charge in [-0.2, -0.15) is 0 Å². The molecule has 1 aromatic carbocycles. The number of likely N-dealkylation sites (tertiary alicyclic amines) is 1. The molecule has 1 saturated heterocycles. The molecule has 138 valence electrons. The molecule has 4 nitrogen and oxygen atoms in total. The van der Waals surface area contributed by atoms with Crippen LogP contribution in [-0.4, -0.2) is 47.8 Å². The van der Waals surface area contributed by atoms with Gasteiger partial charge in [-0.1, -0.05) is 43.7 Å². The fourth-order valence-corrected chi connectivity index (χ4v) is 4.59. The SMILES string of the molecule is CCCC(C(=O)N1CCC2(CC1)C(O)CC2OCC)c1ccccc1. The van der Waals surface area contributed by atoms with Crippen molar-refractivity contribution in [3.05, 3.63) is 35.9 Å². The first-order valence-electron chi connectivity index (χ1n) is 9.75. The Balaban J connectivity index is 1.66. The van der Waals surface area contributed by atoms with Crippen molar-refractivity contribution >= 4 is 5.91 Å². The Kier molecular flexibility index (Phi) is 5.80. The van der Waals surface area contributed by atoms with Crippen molar-refractivity contribution in [2.45, 2.75) is 64.1 Å². The minimum absolute atomic E-state index is 0.0470. The van der Waals surface area contributed by atoms with Gasteiger partial charge in [0.05, 0.1) is 18.1 Å². The summed E-state index contributed by atoms with van der Waals surface area (Å²) >= 11 is 0. The molecule has 25 heavy (non-hydrogen) atoms. The lowest BCUT2D eigenvalue weighted by Crippen LogP contribution is -2.62. The van der Waals surface area contributed by atoms with Crippen LogP contribution >= 0.6 is 0 Å². The molecule has 0 bridgehead atoms. The van der Waals surface area contributed by atoms with Gasteiger partial charge in [0.1, 0.15) is 0 Å². The zero-order chi connectivity index (χ0) is 17.9. The van der Waals surface area contributed by atoms with Gasteiger partial charge in [-0.3, -0.25) is 4.79 Å². The van der Waals surface area contributed by atoms with Crippen LogP contribution < -0.4 is 0 Å². The Morgan fingerprint density at radius 2 is 1.96 bits per heavy atom. The van der Waals surface area contributed by atoms with Crippen LogP contribution in [0.15, 0.2) is 30.3 Å². The van der Waals surface area contributed by atoms with Crippen molar-refractivity contribution in [3.8, 4) is 0 Å². The predicted molar refractivity (Wildman–Crippen MR) is 98.4 cm³/mol. The van der Waals surface area contributed by atoms with Crippen LogP contribution in [0, 0.1) is 5.41 Å². The van der Waals surface area contributed by atoms with Crippen molar-refractivity contribution < 1.29 is 14.6 Å². The third kappa shape index (κ3) is 3.47. The predicted octanol–water partition coefficient (Wildman–Crippen LogP) is 3.35. The number of ether oxygens (including phenoxy) is 1. The largest absolute Gasteiger partial charge is 0.392 e. The molecule has 2 aliphatic rings. The zero-order valence-corrected chi connectivity index (χ0v) is 15.5. The fraction of sp³-hybridized carbons (Fsp3) is 0.667. The van der Waals surface area contributed by atoms with E-state index in [4.69, 9.17) is 4.74 Å². The number of carbonyl (C=O) groups is 1. The van der Waals surface area contributed by atoms with Gasteiger partial charge < -0.3 is 14.7 Å². The number of carbonyl (C=O) groups excluding carboxylic acids is 1. The molecular formula is C21H31NO3. The second-order valence-electron chi connectivity index (χ2n) is 7.51. The molecule has 1 aliphatic heterocycles. The number of rotatable bonds is 6. The third-order valence-electron chi connectivity index (χ3n) is 6.19. The Morgan fingerprint density at radius 1 is 1.28 bits per heavy atom. The molecule has 0 radical (unpaired) electrons. The van der Waals surface area contributed by atoms with E-state index in [1.54, 1.807) is 0 Å². The maximum atomic E-state index is 13.1. The number of amides is 1. The fourth-order valence-electron chi connectivity index (χ4n) is 4.59. The van der Waals surface area contributed by atoms with E-state index in [2.05, 4.69) is 19.1 Å². The van der Waals surface area contributed by atoms with Crippen molar-refractivity contribution in [2.24, 2.45) is 5.41 Å². The number of nitrogens with zero attached hydrogens (tertiary/aromatic N) is 1. The van der Waals surface area contributed by atoms with Crippen molar-refractivity contribution in [1.82, 2.24) is 4.90 Å². The van der Waals surface area contributed by atoms with Crippen LogP contribution in [-0.2, 0) is 9.53 Å². The molecule has 1 spiro atoms. The minimum atomic E-state index is -0.276. The van der Waals surface area contributed by atoms with E-state index in [1.807, 2.05) is 30.0 Å². The zero-order valence-electron chi connectivity index (χ0n) is 15.5. The standard InChI is InChI=1S/C21H31NO3/c1-3-8-17(16-9-6-5-7-10-16)20(24)22-13-11-21(12-14-22)18(23)15-19(21)25-4-2/h5-7,9-10,17-19,23H,3-4,8,11-15H2,1-2H3. The summed E-state index contributed by atoms with van der Waals surface area (Å²) < 4.78 is 5.83. The maximum Gasteiger partial charge on any atom is 0.230 e. The topological polar surface area (TPSA) is 49.8 Å². The van der Waals surface area contributed by atoms with E-state index >= 15 is 0 Å². The second-order valence-corrected chi connectivity index (χ2v) is 7.51. The highest BCUT2D eigenvalue weighted by atomic mass is 16.5. The van der Waals surface area contributed by atoms with Gasteiger partial charge in [-0.05, 0) is 31.7 Å². The van der Waals surface area contributed by atoms with Crippen LogP contribution in [0.25, 0.3) is 0 Å². The first-order chi connectivity index (χ1) is 12.1. The summed E-state index contributed by atoms with van der Waals surface area (Å²) in [6.07, 6.45) is 4.19. The Labute approximate surface area is 151 Å². The van der Waals surface area contributed by atoms with Gasteiger partial charge in [0, 0.05) is 31.5 Å². The van der Waals surface area contributed by atoms with Crippen LogP contribution in [0.5, 0.6) is 0 Å².